The van der Waals surface area contributed by atoms with Crippen LogP contribution >= 0.6 is 0 Å². The van der Waals surface area contributed by atoms with E-state index in [0.29, 0.717) is 31.7 Å². The third-order valence-electron chi connectivity index (χ3n) is 9.78. The molecule has 2 aromatic rings. The topological polar surface area (TPSA) is 43.9 Å². The molecule has 0 bridgehead atoms. The Morgan fingerprint density at radius 2 is 1.70 bits per heavy atom. The van der Waals surface area contributed by atoms with Crippen molar-refractivity contribution in [1.82, 2.24) is 14.7 Å². The number of amides is 2. The van der Waals surface area contributed by atoms with Gasteiger partial charge in [0, 0.05) is 68.1 Å². The Labute approximate surface area is 237 Å². The van der Waals surface area contributed by atoms with Gasteiger partial charge in [0.25, 0.3) is 0 Å². The highest BCUT2D eigenvalue weighted by molar-refractivity contribution is 5.81. The van der Waals surface area contributed by atoms with Crippen molar-refractivity contribution in [3.63, 3.8) is 0 Å². The first kappa shape index (κ1) is 28.7. The summed E-state index contributed by atoms with van der Waals surface area (Å²) in [6.07, 6.45) is 2.39. The average molecular weight is 552 g/mol. The van der Waals surface area contributed by atoms with E-state index in [1.807, 2.05) is 9.80 Å². The molecule has 2 heterocycles. The zero-order chi connectivity index (χ0) is 29.0. The SMILES string of the molecule is CC(=O)N(C(C)C)[C@@H]1Cc2ccccc2C12CCN(C(=O)C1CN(C(C)(C)C)C[C@H]1c1ccc(F)cc1F)CC2. The Morgan fingerprint density at radius 1 is 1.02 bits per heavy atom. The first-order valence-corrected chi connectivity index (χ1v) is 14.7. The predicted molar refractivity (Wildman–Crippen MR) is 153 cm³/mol. The summed E-state index contributed by atoms with van der Waals surface area (Å²) >= 11 is 0. The molecule has 3 atom stereocenters. The van der Waals surface area contributed by atoms with Gasteiger partial charge in [0.05, 0.1) is 5.92 Å². The van der Waals surface area contributed by atoms with Crippen LogP contribution in [0.1, 0.15) is 77.0 Å². The van der Waals surface area contributed by atoms with Crippen LogP contribution in [-0.2, 0) is 21.4 Å². The first-order valence-electron chi connectivity index (χ1n) is 14.7. The van der Waals surface area contributed by atoms with Crippen LogP contribution in [-0.4, -0.2) is 70.3 Å². The molecule has 2 fully saturated rings. The van der Waals surface area contributed by atoms with Gasteiger partial charge in [-0.2, -0.15) is 0 Å². The van der Waals surface area contributed by atoms with Crippen molar-refractivity contribution < 1.29 is 18.4 Å². The van der Waals surface area contributed by atoms with Crippen molar-refractivity contribution in [2.45, 2.75) is 89.8 Å². The number of piperidine rings is 1. The number of halogens is 2. The molecule has 3 aliphatic rings. The largest absolute Gasteiger partial charge is 0.342 e. The van der Waals surface area contributed by atoms with Gasteiger partial charge in [-0.1, -0.05) is 30.3 Å². The summed E-state index contributed by atoms with van der Waals surface area (Å²) in [5.41, 5.74) is 2.65. The van der Waals surface area contributed by atoms with Gasteiger partial charge in [-0.05, 0) is 76.6 Å². The maximum absolute atomic E-state index is 15.0. The van der Waals surface area contributed by atoms with Crippen molar-refractivity contribution in [3.8, 4) is 0 Å². The summed E-state index contributed by atoms with van der Waals surface area (Å²) in [4.78, 5) is 33.2. The minimum absolute atomic E-state index is 0.0467. The number of fused-ring (bicyclic) bond motifs is 2. The number of hydrogen-bond acceptors (Lipinski definition) is 3. The number of carbonyl (C=O) groups is 2. The van der Waals surface area contributed by atoms with E-state index in [1.54, 1.807) is 6.92 Å². The molecule has 1 unspecified atom stereocenters. The molecule has 7 heteroatoms. The molecule has 0 aromatic heterocycles. The molecule has 2 aromatic carbocycles. The number of hydrogen-bond donors (Lipinski definition) is 0. The summed E-state index contributed by atoms with van der Waals surface area (Å²) in [5, 5.41) is 0. The monoisotopic (exact) mass is 551 g/mol. The third kappa shape index (κ3) is 4.95. The van der Waals surface area contributed by atoms with Crippen molar-refractivity contribution in [2.75, 3.05) is 26.2 Å². The lowest BCUT2D eigenvalue weighted by Crippen LogP contribution is -2.58. The third-order valence-corrected chi connectivity index (χ3v) is 9.78. The fourth-order valence-corrected chi connectivity index (χ4v) is 7.76. The van der Waals surface area contributed by atoms with Gasteiger partial charge < -0.3 is 9.80 Å². The van der Waals surface area contributed by atoms with E-state index in [2.05, 4.69) is 63.8 Å². The summed E-state index contributed by atoms with van der Waals surface area (Å²) in [6, 6.07) is 12.4. The van der Waals surface area contributed by atoms with Gasteiger partial charge in [0.2, 0.25) is 11.8 Å². The summed E-state index contributed by atoms with van der Waals surface area (Å²) in [5.74, 6) is -1.79. The molecule has 2 aliphatic heterocycles. The number of nitrogens with zero attached hydrogens (tertiary/aromatic N) is 3. The molecule has 5 rings (SSSR count). The van der Waals surface area contributed by atoms with Crippen LogP contribution in [0.3, 0.4) is 0 Å². The van der Waals surface area contributed by atoms with Gasteiger partial charge in [0.15, 0.2) is 0 Å². The Balaban J connectivity index is 1.42. The highest BCUT2D eigenvalue weighted by atomic mass is 19.1. The minimum atomic E-state index is -0.608. The first-order chi connectivity index (χ1) is 18.8. The molecule has 0 N–H and O–H groups in total. The zero-order valence-corrected chi connectivity index (χ0v) is 24.7. The van der Waals surface area contributed by atoms with E-state index in [4.69, 9.17) is 0 Å². The van der Waals surface area contributed by atoms with Crippen molar-refractivity contribution >= 4 is 11.8 Å². The van der Waals surface area contributed by atoms with Crippen LogP contribution in [0.15, 0.2) is 42.5 Å². The molecule has 2 amide bonds. The van der Waals surface area contributed by atoms with Crippen LogP contribution in [0.25, 0.3) is 0 Å². The predicted octanol–water partition coefficient (Wildman–Crippen LogP) is 5.52. The molecular weight excluding hydrogens is 508 g/mol. The Kier molecular flexibility index (Phi) is 7.58. The van der Waals surface area contributed by atoms with Gasteiger partial charge in [-0.15, -0.1) is 0 Å². The molecule has 0 saturated carbocycles. The number of benzene rings is 2. The normalized spacial score (nSPS) is 24.5. The number of likely N-dealkylation sites (tertiary alicyclic amines) is 2. The van der Waals surface area contributed by atoms with Gasteiger partial charge in [-0.25, -0.2) is 8.78 Å². The maximum Gasteiger partial charge on any atom is 0.227 e. The Morgan fingerprint density at radius 3 is 2.30 bits per heavy atom. The minimum Gasteiger partial charge on any atom is -0.342 e. The smallest absolute Gasteiger partial charge is 0.227 e. The summed E-state index contributed by atoms with van der Waals surface area (Å²) in [7, 11) is 0. The van der Waals surface area contributed by atoms with Crippen LogP contribution in [0.2, 0.25) is 0 Å². The van der Waals surface area contributed by atoms with Gasteiger partial charge >= 0.3 is 0 Å². The van der Waals surface area contributed by atoms with Crippen molar-refractivity contribution in [2.24, 2.45) is 5.92 Å². The second kappa shape index (κ2) is 10.6. The molecule has 1 aliphatic carbocycles. The summed E-state index contributed by atoms with van der Waals surface area (Å²) < 4.78 is 28.7. The lowest BCUT2D eigenvalue weighted by molar-refractivity contribution is -0.140. The van der Waals surface area contributed by atoms with Crippen LogP contribution < -0.4 is 0 Å². The number of rotatable bonds is 4. The van der Waals surface area contributed by atoms with Crippen molar-refractivity contribution in [1.29, 1.82) is 0 Å². The molecule has 1 spiro atoms. The Hall–Kier alpha value is -2.80. The standard InChI is InChI=1S/C33H43F2N3O2/c1-21(2)38(22(3)39)30-17-23-9-7-8-10-28(23)33(30)13-15-36(16-14-33)31(40)27-20-37(32(4,5)6)19-26(27)25-12-11-24(34)18-29(25)35/h7-12,18,21,26-27,30H,13-17,19-20H2,1-6H3/t26-,27?,30+/m0/s1. The quantitative estimate of drug-likeness (QED) is 0.503. The highest BCUT2D eigenvalue weighted by Gasteiger charge is 2.53. The van der Waals surface area contributed by atoms with E-state index in [9.17, 15) is 18.4 Å². The molecule has 0 radical (unpaired) electrons. The van der Waals surface area contributed by atoms with E-state index in [1.165, 1.54) is 23.3 Å². The lowest BCUT2D eigenvalue weighted by Gasteiger charge is -2.48. The van der Waals surface area contributed by atoms with Gasteiger partial charge in [-0.3, -0.25) is 14.5 Å². The van der Waals surface area contributed by atoms with E-state index < -0.39 is 17.6 Å². The maximum atomic E-state index is 15.0. The van der Waals surface area contributed by atoms with E-state index >= 15 is 0 Å². The van der Waals surface area contributed by atoms with Gasteiger partial charge in [0.1, 0.15) is 11.6 Å². The number of carbonyl (C=O) groups excluding carboxylic acids is 2. The second-order valence-corrected chi connectivity index (χ2v) is 13.3. The molecule has 40 heavy (non-hydrogen) atoms. The summed E-state index contributed by atoms with van der Waals surface area (Å²) in [6.45, 7) is 14.4. The van der Waals surface area contributed by atoms with E-state index in [0.717, 1.165) is 25.3 Å². The van der Waals surface area contributed by atoms with Crippen LogP contribution in [0.5, 0.6) is 0 Å². The fraction of sp³-hybridized carbons (Fsp3) is 0.576. The van der Waals surface area contributed by atoms with Crippen LogP contribution in [0.4, 0.5) is 8.78 Å². The fourth-order valence-electron chi connectivity index (χ4n) is 7.76. The van der Waals surface area contributed by atoms with Crippen LogP contribution in [0, 0.1) is 17.6 Å². The molecular formula is C33H43F2N3O2. The molecule has 5 nitrogen and oxygen atoms in total. The van der Waals surface area contributed by atoms with Crippen molar-refractivity contribution in [3.05, 3.63) is 70.8 Å². The average Bonchev–Trinajstić information content (AvgIpc) is 3.45. The zero-order valence-electron chi connectivity index (χ0n) is 24.7. The Bertz CT molecular complexity index is 1280. The molecule has 2 saturated heterocycles. The lowest BCUT2D eigenvalue weighted by atomic mass is 9.70. The highest BCUT2D eigenvalue weighted by Crippen LogP contribution is 2.49. The molecule has 216 valence electrons. The van der Waals surface area contributed by atoms with E-state index in [-0.39, 0.29) is 40.8 Å². The second-order valence-electron chi connectivity index (χ2n) is 13.3.